The van der Waals surface area contributed by atoms with Crippen LogP contribution in [-0.4, -0.2) is 20.5 Å². The zero-order valence-electron chi connectivity index (χ0n) is 12.5. The number of nitrogens with zero attached hydrogens (tertiary/aromatic N) is 3. The third-order valence-electron chi connectivity index (χ3n) is 3.71. The van der Waals surface area contributed by atoms with Crippen molar-refractivity contribution in [1.29, 1.82) is 0 Å². The van der Waals surface area contributed by atoms with Crippen molar-refractivity contribution in [3.05, 3.63) is 71.5 Å². The topological polar surface area (TPSA) is 59.3 Å². The first-order chi connectivity index (χ1) is 12.0. The van der Waals surface area contributed by atoms with Crippen LogP contribution >= 0.6 is 0 Å². The number of aromatic nitrogens is 3. The van der Waals surface area contributed by atoms with Gasteiger partial charge in [-0.25, -0.2) is 17.7 Å². The van der Waals surface area contributed by atoms with Gasteiger partial charge in [-0.3, -0.25) is 10.1 Å². The molecule has 2 aromatic carbocycles. The Morgan fingerprint density at radius 1 is 0.960 bits per heavy atom. The third kappa shape index (κ3) is 2.47. The van der Waals surface area contributed by atoms with E-state index in [0.717, 1.165) is 17.0 Å². The molecule has 124 valence electrons. The average Bonchev–Trinajstić information content (AvgIpc) is 3.02. The number of para-hydroxylation sites is 1. The number of rotatable bonds is 2. The zero-order chi connectivity index (χ0) is 17.6. The molecule has 25 heavy (non-hydrogen) atoms. The largest absolute Gasteiger partial charge is 0.289 e. The molecule has 0 aliphatic carbocycles. The second kappa shape index (κ2) is 5.59. The number of carbonyl (C=O) groups excluding carboxylic acids is 1. The number of hydrogen-bond donors (Lipinski definition) is 1. The normalized spacial score (nSPS) is 11.2. The molecule has 1 N–H and O–H groups in total. The fourth-order valence-corrected chi connectivity index (χ4v) is 2.52. The number of amides is 1. The van der Waals surface area contributed by atoms with Gasteiger partial charge < -0.3 is 0 Å². The molecule has 0 saturated heterocycles. The first-order valence-corrected chi connectivity index (χ1v) is 7.24. The van der Waals surface area contributed by atoms with Gasteiger partial charge >= 0.3 is 0 Å². The minimum absolute atomic E-state index is 0.0783. The van der Waals surface area contributed by atoms with Gasteiger partial charge in [-0.15, -0.1) is 5.10 Å². The van der Waals surface area contributed by atoms with E-state index in [-0.39, 0.29) is 5.95 Å². The van der Waals surface area contributed by atoms with E-state index in [2.05, 4.69) is 15.4 Å². The number of benzene rings is 2. The van der Waals surface area contributed by atoms with Gasteiger partial charge in [0.25, 0.3) is 5.91 Å². The fourth-order valence-electron chi connectivity index (χ4n) is 2.52. The first-order valence-electron chi connectivity index (χ1n) is 7.24. The van der Waals surface area contributed by atoms with Crippen molar-refractivity contribution < 1.29 is 18.0 Å². The average molecular weight is 342 g/mol. The molecule has 2 heterocycles. The Labute approximate surface area is 138 Å². The fraction of sp³-hybridized carbons (Fsp3) is 0. The second-order valence-electron chi connectivity index (χ2n) is 5.27. The van der Waals surface area contributed by atoms with Crippen molar-refractivity contribution in [3.63, 3.8) is 0 Å². The van der Waals surface area contributed by atoms with E-state index in [1.165, 1.54) is 4.52 Å². The first kappa shape index (κ1) is 15.1. The van der Waals surface area contributed by atoms with Crippen LogP contribution in [0.15, 0.2) is 48.5 Å². The van der Waals surface area contributed by atoms with E-state index in [1.54, 1.807) is 6.07 Å². The van der Waals surface area contributed by atoms with Gasteiger partial charge in [0.05, 0.1) is 11.1 Å². The lowest BCUT2D eigenvalue weighted by Crippen LogP contribution is -2.16. The summed E-state index contributed by atoms with van der Waals surface area (Å²) in [7, 11) is 0. The molecule has 0 radical (unpaired) electrons. The minimum atomic E-state index is -1.71. The molecule has 0 spiro atoms. The summed E-state index contributed by atoms with van der Waals surface area (Å²) in [5.41, 5.74) is 0.606. The molecular weight excluding hydrogens is 333 g/mol. The Kier molecular flexibility index (Phi) is 3.38. The Morgan fingerprint density at radius 2 is 1.76 bits per heavy atom. The van der Waals surface area contributed by atoms with Crippen LogP contribution < -0.4 is 5.32 Å². The van der Waals surface area contributed by atoms with Gasteiger partial charge in [-0.2, -0.15) is 4.98 Å². The van der Waals surface area contributed by atoms with E-state index in [1.807, 2.05) is 30.3 Å². The summed E-state index contributed by atoms with van der Waals surface area (Å²) < 4.78 is 41.5. The SMILES string of the molecule is O=C(Nc1nc2ccc3ccccc3n2n1)c1ccc(F)c(F)c1F. The molecule has 2 aromatic heterocycles. The van der Waals surface area contributed by atoms with Crippen molar-refractivity contribution in [3.8, 4) is 0 Å². The van der Waals surface area contributed by atoms with Crippen LogP contribution in [0.4, 0.5) is 19.1 Å². The smallest absolute Gasteiger partial charge is 0.261 e. The summed E-state index contributed by atoms with van der Waals surface area (Å²) in [5.74, 6) is -5.69. The monoisotopic (exact) mass is 342 g/mol. The minimum Gasteiger partial charge on any atom is -0.289 e. The van der Waals surface area contributed by atoms with Crippen molar-refractivity contribution >= 4 is 28.4 Å². The molecule has 8 heteroatoms. The van der Waals surface area contributed by atoms with Crippen LogP contribution in [-0.2, 0) is 0 Å². The van der Waals surface area contributed by atoms with E-state index in [4.69, 9.17) is 0 Å². The van der Waals surface area contributed by atoms with Crippen molar-refractivity contribution in [2.24, 2.45) is 0 Å². The van der Waals surface area contributed by atoms with Gasteiger partial charge in [0.2, 0.25) is 5.95 Å². The predicted octanol–water partition coefficient (Wildman–Crippen LogP) is 3.55. The van der Waals surface area contributed by atoms with Gasteiger partial charge in [0.15, 0.2) is 23.1 Å². The van der Waals surface area contributed by atoms with Crippen molar-refractivity contribution in [1.82, 2.24) is 14.6 Å². The molecule has 0 saturated carbocycles. The second-order valence-corrected chi connectivity index (χ2v) is 5.27. The van der Waals surface area contributed by atoms with Crippen LogP contribution in [0.25, 0.3) is 16.6 Å². The number of carbonyl (C=O) groups is 1. The molecule has 0 unspecified atom stereocenters. The maximum atomic E-state index is 13.7. The van der Waals surface area contributed by atoms with Gasteiger partial charge in [-0.1, -0.05) is 18.2 Å². The summed E-state index contributed by atoms with van der Waals surface area (Å²) >= 11 is 0. The number of fused-ring (bicyclic) bond motifs is 3. The van der Waals surface area contributed by atoms with E-state index in [9.17, 15) is 18.0 Å². The Balaban J connectivity index is 1.72. The summed E-state index contributed by atoms with van der Waals surface area (Å²) in [6.45, 7) is 0. The Hall–Kier alpha value is -3.42. The molecular formula is C17H9F3N4O. The van der Waals surface area contributed by atoms with Gasteiger partial charge in [0, 0.05) is 5.39 Å². The quantitative estimate of drug-likeness (QED) is 0.567. The van der Waals surface area contributed by atoms with Crippen molar-refractivity contribution in [2.75, 3.05) is 5.32 Å². The molecule has 4 aromatic rings. The molecule has 0 bridgehead atoms. The predicted molar refractivity (Wildman–Crippen MR) is 84.8 cm³/mol. The van der Waals surface area contributed by atoms with Crippen LogP contribution in [0.5, 0.6) is 0 Å². The van der Waals surface area contributed by atoms with E-state index < -0.39 is 28.9 Å². The maximum absolute atomic E-state index is 13.7. The number of halogens is 3. The standard InChI is InChI=1S/C17H9F3N4O/c18-11-7-6-10(14(19)15(11)20)16(25)22-17-21-13-8-5-9-3-1-2-4-12(9)24(13)23-17/h1-8H,(H,22,23,25). The summed E-state index contributed by atoms with van der Waals surface area (Å²) in [6, 6.07) is 12.5. The van der Waals surface area contributed by atoms with Gasteiger partial charge in [0.1, 0.15) is 0 Å². The highest BCUT2D eigenvalue weighted by Gasteiger charge is 2.20. The number of hydrogen-bond acceptors (Lipinski definition) is 3. The van der Waals surface area contributed by atoms with Crippen LogP contribution in [0.1, 0.15) is 10.4 Å². The Bertz CT molecular complexity index is 1140. The highest BCUT2D eigenvalue weighted by Crippen LogP contribution is 2.19. The van der Waals surface area contributed by atoms with Crippen LogP contribution in [0.2, 0.25) is 0 Å². The lowest BCUT2D eigenvalue weighted by atomic mass is 10.2. The number of anilines is 1. The van der Waals surface area contributed by atoms with E-state index >= 15 is 0 Å². The maximum Gasteiger partial charge on any atom is 0.261 e. The molecule has 0 atom stereocenters. The number of nitrogens with one attached hydrogen (secondary N) is 1. The summed E-state index contributed by atoms with van der Waals surface area (Å²) in [6.07, 6.45) is 0. The van der Waals surface area contributed by atoms with Crippen LogP contribution in [0.3, 0.4) is 0 Å². The molecule has 0 aliphatic rings. The van der Waals surface area contributed by atoms with Gasteiger partial charge in [-0.05, 0) is 30.3 Å². The molecule has 1 amide bonds. The van der Waals surface area contributed by atoms with Crippen LogP contribution in [0, 0.1) is 17.5 Å². The molecule has 0 aliphatic heterocycles. The van der Waals surface area contributed by atoms with E-state index in [0.29, 0.717) is 11.7 Å². The highest BCUT2D eigenvalue weighted by molar-refractivity contribution is 6.03. The zero-order valence-corrected chi connectivity index (χ0v) is 12.5. The molecule has 4 rings (SSSR count). The summed E-state index contributed by atoms with van der Waals surface area (Å²) in [5, 5.41) is 7.37. The lowest BCUT2D eigenvalue weighted by Gasteiger charge is -2.03. The third-order valence-corrected chi connectivity index (χ3v) is 3.71. The number of pyridine rings is 1. The van der Waals surface area contributed by atoms with Crippen molar-refractivity contribution in [2.45, 2.75) is 0 Å². The lowest BCUT2D eigenvalue weighted by molar-refractivity contribution is 0.102. The molecule has 0 fully saturated rings. The highest BCUT2D eigenvalue weighted by atomic mass is 19.2. The Morgan fingerprint density at radius 3 is 2.60 bits per heavy atom. The summed E-state index contributed by atoms with van der Waals surface area (Å²) in [4.78, 5) is 16.2. The molecule has 5 nitrogen and oxygen atoms in total.